The fraction of sp³-hybridized carbons (Fsp3) is 0.385. The first-order valence-corrected chi connectivity index (χ1v) is 7.95. The molecule has 98 valence electrons. The summed E-state index contributed by atoms with van der Waals surface area (Å²) >= 11 is 11.1. The number of rotatable bonds is 6. The van der Waals surface area contributed by atoms with Crippen LogP contribution < -0.4 is 5.32 Å². The van der Waals surface area contributed by atoms with Crippen LogP contribution in [0.1, 0.15) is 30.0 Å². The summed E-state index contributed by atoms with van der Waals surface area (Å²) in [5.41, 5.74) is 0. The molecular weight excluding hydrogens is 334 g/mol. The monoisotopic (exact) mass is 347 g/mol. The third-order valence-electron chi connectivity index (χ3n) is 2.61. The number of hydrogen-bond acceptors (Lipinski definition) is 3. The minimum absolute atomic E-state index is 0.183. The van der Waals surface area contributed by atoms with E-state index in [1.807, 2.05) is 6.07 Å². The van der Waals surface area contributed by atoms with Gasteiger partial charge in [0.15, 0.2) is 5.22 Å². The molecule has 0 saturated heterocycles. The van der Waals surface area contributed by atoms with Crippen molar-refractivity contribution in [3.63, 3.8) is 0 Å². The zero-order valence-electron chi connectivity index (χ0n) is 10.1. The maximum atomic E-state index is 5.85. The fourth-order valence-corrected chi connectivity index (χ4v) is 3.42. The summed E-state index contributed by atoms with van der Waals surface area (Å²) in [5, 5.41) is 6.04. The zero-order valence-corrected chi connectivity index (χ0v) is 13.2. The van der Waals surface area contributed by atoms with Crippen LogP contribution >= 0.6 is 38.9 Å². The van der Waals surface area contributed by atoms with Gasteiger partial charge in [-0.15, -0.1) is 11.3 Å². The topological polar surface area (TPSA) is 25.2 Å². The second-order valence-corrected chi connectivity index (χ2v) is 6.37. The Morgan fingerprint density at radius 3 is 2.89 bits per heavy atom. The van der Waals surface area contributed by atoms with Crippen LogP contribution in [0.4, 0.5) is 0 Å². The Balaban J connectivity index is 2.09. The Hall–Kier alpha value is -0.290. The largest absolute Gasteiger partial charge is 0.448 e. The van der Waals surface area contributed by atoms with E-state index in [1.54, 1.807) is 17.4 Å². The Bertz CT molecular complexity index is 497. The van der Waals surface area contributed by atoms with Crippen molar-refractivity contribution in [3.05, 3.63) is 43.9 Å². The summed E-state index contributed by atoms with van der Waals surface area (Å²) in [4.78, 5) is 1.32. The lowest BCUT2D eigenvalue weighted by Crippen LogP contribution is -2.23. The molecule has 0 aliphatic carbocycles. The molecule has 0 aliphatic rings. The van der Waals surface area contributed by atoms with Gasteiger partial charge in [0.2, 0.25) is 0 Å². The van der Waals surface area contributed by atoms with Gasteiger partial charge in [-0.05, 0) is 58.7 Å². The lowest BCUT2D eigenvalue weighted by Gasteiger charge is -2.15. The van der Waals surface area contributed by atoms with Gasteiger partial charge in [0, 0.05) is 21.2 Å². The van der Waals surface area contributed by atoms with Crippen LogP contribution in [0.15, 0.2) is 32.5 Å². The standard InChI is InChI=1S/C13H15BrClNOS/c1-2-5-16-11(12-3-4-13(15)17-12)7-10-6-9(14)8-18-10/h3-4,6,8,11,16H,2,5,7H2,1H3. The Morgan fingerprint density at radius 2 is 2.33 bits per heavy atom. The minimum atomic E-state index is 0.183. The van der Waals surface area contributed by atoms with Crippen LogP contribution in [-0.4, -0.2) is 6.54 Å². The van der Waals surface area contributed by atoms with E-state index in [0.29, 0.717) is 5.22 Å². The third-order valence-corrected chi connectivity index (χ3v) is 4.53. The lowest BCUT2D eigenvalue weighted by atomic mass is 10.1. The van der Waals surface area contributed by atoms with E-state index in [2.05, 4.69) is 39.6 Å². The Kier molecular flexibility index (Phi) is 5.30. The maximum absolute atomic E-state index is 5.85. The van der Waals surface area contributed by atoms with E-state index < -0.39 is 0 Å². The average Bonchev–Trinajstić information content (AvgIpc) is 2.93. The molecule has 0 radical (unpaired) electrons. The van der Waals surface area contributed by atoms with Gasteiger partial charge < -0.3 is 9.73 Å². The molecule has 2 rings (SSSR count). The average molecular weight is 349 g/mol. The quantitative estimate of drug-likeness (QED) is 0.791. The highest BCUT2D eigenvalue weighted by Crippen LogP contribution is 2.27. The van der Waals surface area contributed by atoms with Gasteiger partial charge >= 0.3 is 0 Å². The van der Waals surface area contributed by atoms with Crippen molar-refractivity contribution in [1.29, 1.82) is 0 Å². The first kappa shape index (κ1) is 14.1. The van der Waals surface area contributed by atoms with Crippen molar-refractivity contribution in [2.24, 2.45) is 0 Å². The smallest absolute Gasteiger partial charge is 0.193 e. The highest BCUT2D eigenvalue weighted by molar-refractivity contribution is 9.10. The van der Waals surface area contributed by atoms with Crippen LogP contribution in [0.3, 0.4) is 0 Å². The molecule has 2 heterocycles. The van der Waals surface area contributed by atoms with Crippen LogP contribution in [0.5, 0.6) is 0 Å². The third kappa shape index (κ3) is 3.85. The van der Waals surface area contributed by atoms with Crippen LogP contribution in [0.25, 0.3) is 0 Å². The van der Waals surface area contributed by atoms with Crippen molar-refractivity contribution >= 4 is 38.9 Å². The number of furan rings is 1. The number of nitrogens with one attached hydrogen (secondary N) is 1. The molecule has 2 aromatic rings. The van der Waals surface area contributed by atoms with Gasteiger partial charge in [0.1, 0.15) is 5.76 Å². The number of thiophene rings is 1. The van der Waals surface area contributed by atoms with Crippen molar-refractivity contribution in [2.75, 3.05) is 6.54 Å². The van der Waals surface area contributed by atoms with Gasteiger partial charge in [-0.1, -0.05) is 6.92 Å². The van der Waals surface area contributed by atoms with Gasteiger partial charge in [0.25, 0.3) is 0 Å². The normalized spacial score (nSPS) is 12.8. The molecule has 0 bridgehead atoms. The molecule has 0 saturated carbocycles. The van der Waals surface area contributed by atoms with Gasteiger partial charge in [-0.25, -0.2) is 0 Å². The van der Waals surface area contributed by atoms with Crippen LogP contribution in [-0.2, 0) is 6.42 Å². The van der Waals surface area contributed by atoms with Gasteiger partial charge in [-0.2, -0.15) is 0 Å². The summed E-state index contributed by atoms with van der Waals surface area (Å²) in [6, 6.07) is 6.07. The van der Waals surface area contributed by atoms with Gasteiger partial charge in [-0.3, -0.25) is 0 Å². The van der Waals surface area contributed by atoms with Gasteiger partial charge in [0.05, 0.1) is 6.04 Å². The second-order valence-electron chi connectivity index (χ2n) is 4.08. The number of halogens is 2. The molecule has 0 spiro atoms. The second kappa shape index (κ2) is 6.75. The van der Waals surface area contributed by atoms with Crippen LogP contribution in [0, 0.1) is 0 Å². The summed E-state index contributed by atoms with van der Waals surface area (Å²) < 4.78 is 6.65. The molecule has 1 N–H and O–H groups in total. The van der Waals surface area contributed by atoms with Crippen molar-refractivity contribution in [1.82, 2.24) is 5.32 Å². The zero-order chi connectivity index (χ0) is 13.0. The fourth-order valence-electron chi connectivity index (χ4n) is 1.77. The minimum Gasteiger partial charge on any atom is -0.448 e. The summed E-state index contributed by atoms with van der Waals surface area (Å²) in [6.45, 7) is 3.12. The van der Waals surface area contributed by atoms with E-state index in [4.69, 9.17) is 16.0 Å². The predicted molar refractivity (Wildman–Crippen MR) is 80.5 cm³/mol. The van der Waals surface area contributed by atoms with E-state index in [-0.39, 0.29) is 6.04 Å². The summed E-state index contributed by atoms with van der Waals surface area (Å²) in [6.07, 6.45) is 2.01. The highest BCUT2D eigenvalue weighted by Gasteiger charge is 2.16. The highest BCUT2D eigenvalue weighted by atomic mass is 79.9. The first-order valence-electron chi connectivity index (χ1n) is 5.90. The molecular formula is C13H15BrClNOS. The molecule has 2 aromatic heterocycles. The molecule has 18 heavy (non-hydrogen) atoms. The SMILES string of the molecule is CCCNC(Cc1cc(Br)cs1)c1ccc(Cl)o1. The maximum Gasteiger partial charge on any atom is 0.193 e. The van der Waals surface area contributed by atoms with E-state index >= 15 is 0 Å². The molecule has 2 nitrogen and oxygen atoms in total. The molecule has 0 fully saturated rings. The van der Waals surface area contributed by atoms with E-state index in [1.165, 1.54) is 4.88 Å². The van der Waals surface area contributed by atoms with E-state index in [0.717, 1.165) is 29.6 Å². The summed E-state index contributed by atoms with van der Waals surface area (Å²) in [5.74, 6) is 0.901. The molecule has 1 unspecified atom stereocenters. The van der Waals surface area contributed by atoms with Crippen molar-refractivity contribution in [3.8, 4) is 0 Å². The Labute approximate surface area is 124 Å². The molecule has 5 heteroatoms. The predicted octanol–water partition coefficient (Wildman–Crippen LogP) is 5.04. The molecule has 0 aliphatic heterocycles. The molecule has 0 amide bonds. The molecule has 0 aromatic carbocycles. The molecule has 1 atom stereocenters. The van der Waals surface area contributed by atoms with Crippen molar-refractivity contribution in [2.45, 2.75) is 25.8 Å². The van der Waals surface area contributed by atoms with E-state index in [9.17, 15) is 0 Å². The number of hydrogen-bond donors (Lipinski definition) is 1. The first-order chi connectivity index (χ1) is 8.69. The summed E-state index contributed by atoms with van der Waals surface area (Å²) in [7, 11) is 0. The van der Waals surface area contributed by atoms with Crippen LogP contribution in [0.2, 0.25) is 5.22 Å². The lowest BCUT2D eigenvalue weighted by molar-refractivity contribution is 0.413. The Morgan fingerprint density at radius 1 is 1.50 bits per heavy atom. The van der Waals surface area contributed by atoms with Crippen molar-refractivity contribution < 1.29 is 4.42 Å².